The summed E-state index contributed by atoms with van der Waals surface area (Å²) in [5.74, 6) is 0.601. The number of nitrogens with one attached hydrogen (secondary N) is 1. The van der Waals surface area contributed by atoms with Gasteiger partial charge in [0.05, 0.1) is 6.54 Å². The van der Waals surface area contributed by atoms with Crippen molar-refractivity contribution in [3.63, 3.8) is 0 Å². The van der Waals surface area contributed by atoms with Crippen molar-refractivity contribution >= 4 is 24.0 Å². The lowest BCUT2D eigenvalue weighted by Crippen LogP contribution is -2.42. The minimum atomic E-state index is 0. The van der Waals surface area contributed by atoms with Gasteiger partial charge in [-0.05, 0) is 69.0 Å². The van der Waals surface area contributed by atoms with Crippen LogP contribution in [0.15, 0.2) is 18.2 Å². The number of benzene rings is 1. The zero-order valence-electron chi connectivity index (χ0n) is 12.9. The molecule has 0 radical (unpaired) electrons. The standard InChI is InChI=1S/C16H25N3O.ClH/c1-12-5-6-15(8-13(12)2)18-16(20)11-19-7-3-4-14(9-17)10-19;/h5-6,8,14H,3-4,7,9-11,17H2,1-2H3,(H,18,20);1H. The molecule has 0 aromatic heterocycles. The largest absolute Gasteiger partial charge is 0.330 e. The number of aryl methyl sites for hydroxylation is 2. The fourth-order valence-electron chi connectivity index (χ4n) is 2.71. The van der Waals surface area contributed by atoms with Gasteiger partial charge in [-0.25, -0.2) is 0 Å². The first-order valence-electron chi connectivity index (χ1n) is 7.38. The van der Waals surface area contributed by atoms with Crippen LogP contribution in [0.25, 0.3) is 0 Å². The van der Waals surface area contributed by atoms with E-state index in [4.69, 9.17) is 5.73 Å². The van der Waals surface area contributed by atoms with Crippen molar-refractivity contribution in [2.75, 3.05) is 31.5 Å². The third-order valence-corrected chi connectivity index (χ3v) is 4.09. The van der Waals surface area contributed by atoms with E-state index < -0.39 is 0 Å². The minimum Gasteiger partial charge on any atom is -0.330 e. The Morgan fingerprint density at radius 2 is 2.14 bits per heavy atom. The Morgan fingerprint density at radius 1 is 1.38 bits per heavy atom. The van der Waals surface area contributed by atoms with E-state index in [1.807, 2.05) is 18.2 Å². The molecule has 0 aliphatic carbocycles. The summed E-state index contributed by atoms with van der Waals surface area (Å²) in [6.45, 7) is 7.25. The number of anilines is 1. The molecule has 0 saturated carbocycles. The van der Waals surface area contributed by atoms with Gasteiger partial charge in [0.15, 0.2) is 0 Å². The Balaban J connectivity index is 0.00000220. The van der Waals surface area contributed by atoms with Gasteiger partial charge in [-0.15, -0.1) is 12.4 Å². The first-order chi connectivity index (χ1) is 9.58. The van der Waals surface area contributed by atoms with Crippen LogP contribution in [0.4, 0.5) is 5.69 Å². The van der Waals surface area contributed by atoms with Crippen molar-refractivity contribution in [2.45, 2.75) is 26.7 Å². The van der Waals surface area contributed by atoms with Crippen molar-refractivity contribution in [1.29, 1.82) is 0 Å². The summed E-state index contributed by atoms with van der Waals surface area (Å²) in [5.41, 5.74) is 9.04. The second-order valence-corrected chi connectivity index (χ2v) is 5.83. The molecule has 0 spiro atoms. The molecule has 1 atom stereocenters. The molecule has 1 fully saturated rings. The van der Waals surface area contributed by atoms with Gasteiger partial charge in [0.2, 0.25) is 5.91 Å². The fraction of sp³-hybridized carbons (Fsp3) is 0.562. The molecule has 1 saturated heterocycles. The number of rotatable bonds is 4. The average molecular weight is 312 g/mol. The molecule has 2 rings (SSSR count). The maximum absolute atomic E-state index is 12.1. The lowest BCUT2D eigenvalue weighted by molar-refractivity contribution is -0.117. The number of carbonyl (C=O) groups excluding carboxylic acids is 1. The predicted octanol–water partition coefficient (Wildman–Crippen LogP) is 2.33. The number of hydrogen-bond donors (Lipinski definition) is 2. The maximum atomic E-state index is 12.1. The smallest absolute Gasteiger partial charge is 0.238 e. The highest BCUT2D eigenvalue weighted by Crippen LogP contribution is 2.16. The normalized spacial score (nSPS) is 18.9. The van der Waals surface area contributed by atoms with Crippen LogP contribution < -0.4 is 11.1 Å². The molecular formula is C16H26ClN3O. The number of nitrogens with zero attached hydrogens (tertiary/aromatic N) is 1. The Morgan fingerprint density at radius 3 is 2.81 bits per heavy atom. The second-order valence-electron chi connectivity index (χ2n) is 5.83. The van der Waals surface area contributed by atoms with Gasteiger partial charge < -0.3 is 11.1 Å². The van der Waals surface area contributed by atoms with Gasteiger partial charge in [-0.3, -0.25) is 9.69 Å². The lowest BCUT2D eigenvalue weighted by atomic mass is 9.98. The summed E-state index contributed by atoms with van der Waals surface area (Å²) in [4.78, 5) is 14.3. The Labute approximate surface area is 133 Å². The number of likely N-dealkylation sites (tertiary alicyclic amines) is 1. The van der Waals surface area contributed by atoms with E-state index >= 15 is 0 Å². The molecule has 0 bridgehead atoms. The molecule has 1 aliphatic rings. The van der Waals surface area contributed by atoms with Gasteiger partial charge in [-0.2, -0.15) is 0 Å². The maximum Gasteiger partial charge on any atom is 0.238 e. The van der Waals surface area contributed by atoms with E-state index in [2.05, 4.69) is 24.1 Å². The highest BCUT2D eigenvalue weighted by molar-refractivity contribution is 5.92. The van der Waals surface area contributed by atoms with Gasteiger partial charge in [0.25, 0.3) is 0 Å². The molecule has 1 unspecified atom stereocenters. The van der Waals surface area contributed by atoms with E-state index in [-0.39, 0.29) is 18.3 Å². The third kappa shape index (κ3) is 5.30. The highest BCUT2D eigenvalue weighted by atomic mass is 35.5. The molecule has 3 N–H and O–H groups in total. The summed E-state index contributed by atoms with van der Waals surface area (Å²) in [6.07, 6.45) is 2.32. The monoisotopic (exact) mass is 311 g/mol. The van der Waals surface area contributed by atoms with Crippen LogP contribution in [0.5, 0.6) is 0 Å². The van der Waals surface area contributed by atoms with E-state index in [1.165, 1.54) is 17.5 Å². The number of piperidine rings is 1. The van der Waals surface area contributed by atoms with Gasteiger partial charge >= 0.3 is 0 Å². The number of hydrogen-bond acceptors (Lipinski definition) is 3. The molecule has 1 aliphatic heterocycles. The first-order valence-corrected chi connectivity index (χ1v) is 7.38. The van der Waals surface area contributed by atoms with Crippen molar-refractivity contribution in [2.24, 2.45) is 11.7 Å². The van der Waals surface area contributed by atoms with Crippen molar-refractivity contribution in [3.8, 4) is 0 Å². The highest BCUT2D eigenvalue weighted by Gasteiger charge is 2.20. The minimum absolute atomic E-state index is 0. The zero-order valence-corrected chi connectivity index (χ0v) is 13.7. The van der Waals surface area contributed by atoms with Gasteiger partial charge in [0, 0.05) is 12.2 Å². The van der Waals surface area contributed by atoms with Crippen LogP contribution in [0.3, 0.4) is 0 Å². The molecule has 21 heavy (non-hydrogen) atoms. The number of halogens is 1. The SMILES string of the molecule is Cc1ccc(NC(=O)CN2CCCC(CN)C2)cc1C.Cl. The van der Waals surface area contributed by atoms with E-state index in [0.29, 0.717) is 12.5 Å². The molecule has 1 aromatic carbocycles. The van der Waals surface area contributed by atoms with Crippen LogP contribution in [-0.2, 0) is 4.79 Å². The van der Waals surface area contributed by atoms with Crippen molar-refractivity contribution in [3.05, 3.63) is 29.3 Å². The number of amides is 1. The molecule has 1 heterocycles. The van der Waals surface area contributed by atoms with Gasteiger partial charge in [-0.1, -0.05) is 6.07 Å². The average Bonchev–Trinajstić information content (AvgIpc) is 2.43. The van der Waals surface area contributed by atoms with Crippen LogP contribution in [-0.4, -0.2) is 37.0 Å². The number of carbonyl (C=O) groups is 1. The zero-order chi connectivity index (χ0) is 14.5. The second kappa shape index (κ2) is 8.37. The Kier molecular flexibility index (Phi) is 7.15. The summed E-state index contributed by atoms with van der Waals surface area (Å²) in [5, 5.41) is 2.98. The summed E-state index contributed by atoms with van der Waals surface area (Å²) >= 11 is 0. The van der Waals surface area contributed by atoms with E-state index in [0.717, 1.165) is 31.7 Å². The van der Waals surface area contributed by atoms with E-state index in [9.17, 15) is 4.79 Å². The van der Waals surface area contributed by atoms with Crippen molar-refractivity contribution < 1.29 is 4.79 Å². The summed E-state index contributed by atoms with van der Waals surface area (Å²) < 4.78 is 0. The predicted molar refractivity (Wildman–Crippen MR) is 90.0 cm³/mol. The fourth-order valence-corrected chi connectivity index (χ4v) is 2.71. The van der Waals surface area contributed by atoms with Crippen molar-refractivity contribution in [1.82, 2.24) is 4.90 Å². The van der Waals surface area contributed by atoms with Crippen LogP contribution in [0.1, 0.15) is 24.0 Å². The molecular weight excluding hydrogens is 286 g/mol. The Hall–Kier alpha value is -1.10. The summed E-state index contributed by atoms with van der Waals surface area (Å²) in [7, 11) is 0. The van der Waals surface area contributed by atoms with Crippen LogP contribution in [0, 0.1) is 19.8 Å². The molecule has 1 aromatic rings. The molecule has 5 heteroatoms. The quantitative estimate of drug-likeness (QED) is 0.897. The molecule has 1 amide bonds. The van der Waals surface area contributed by atoms with Crippen LogP contribution in [0.2, 0.25) is 0 Å². The topological polar surface area (TPSA) is 58.4 Å². The van der Waals surface area contributed by atoms with Gasteiger partial charge in [0.1, 0.15) is 0 Å². The van der Waals surface area contributed by atoms with Crippen LogP contribution >= 0.6 is 12.4 Å². The Bertz CT molecular complexity index is 479. The third-order valence-electron chi connectivity index (χ3n) is 4.09. The lowest BCUT2D eigenvalue weighted by Gasteiger charge is -2.31. The first kappa shape index (κ1) is 18.0. The summed E-state index contributed by atoms with van der Waals surface area (Å²) in [6, 6.07) is 6.02. The molecule has 118 valence electrons. The molecule has 4 nitrogen and oxygen atoms in total. The van der Waals surface area contributed by atoms with E-state index in [1.54, 1.807) is 0 Å². The number of nitrogens with two attached hydrogens (primary N) is 1.